The Hall–Kier alpha value is -2.17. The fraction of sp³-hybridized carbons (Fsp3) is 0.400. The normalized spacial score (nSPS) is 11.0. The second kappa shape index (κ2) is 13.1. The van der Waals surface area contributed by atoms with Crippen LogP contribution in [0.1, 0.15) is 23.7 Å². The Balaban J connectivity index is 0.00000420. The minimum Gasteiger partial charge on any atom is -0.497 e. The lowest BCUT2D eigenvalue weighted by atomic mass is 10.2. The van der Waals surface area contributed by atoms with Gasteiger partial charge in [-0.1, -0.05) is 6.07 Å². The van der Waals surface area contributed by atoms with Crippen LogP contribution in [0.25, 0.3) is 0 Å². The molecule has 0 saturated heterocycles. The van der Waals surface area contributed by atoms with Crippen LogP contribution in [0, 0.1) is 6.92 Å². The molecule has 9 heteroatoms. The topological polar surface area (TPSA) is 67.8 Å². The van der Waals surface area contributed by atoms with E-state index >= 15 is 0 Å². The number of aliphatic imine (C=N–C) groups is 1. The lowest BCUT2D eigenvalue weighted by Gasteiger charge is -2.13. The van der Waals surface area contributed by atoms with Gasteiger partial charge in [-0.2, -0.15) is 8.78 Å². The summed E-state index contributed by atoms with van der Waals surface area (Å²) in [6, 6.07) is 8.69. The monoisotopic (exact) mass is 520 g/mol. The largest absolute Gasteiger partial charge is 0.497 e. The summed E-state index contributed by atoms with van der Waals surface area (Å²) in [6.07, 6.45) is 2.64. The van der Waals surface area contributed by atoms with Gasteiger partial charge in [-0.3, -0.25) is 4.98 Å². The molecular formula is C20H27F2IN4O2. The van der Waals surface area contributed by atoms with Gasteiger partial charge in [0.05, 0.1) is 13.7 Å². The molecule has 0 fully saturated rings. The Morgan fingerprint density at radius 1 is 1.21 bits per heavy atom. The van der Waals surface area contributed by atoms with Gasteiger partial charge >= 0.3 is 6.61 Å². The number of pyridine rings is 1. The number of alkyl halides is 2. The number of methoxy groups -OCH3 is 1. The molecule has 0 unspecified atom stereocenters. The molecule has 2 rings (SSSR count). The van der Waals surface area contributed by atoms with Crippen LogP contribution in [0.2, 0.25) is 0 Å². The van der Waals surface area contributed by atoms with Crippen molar-refractivity contribution < 1.29 is 18.3 Å². The minimum atomic E-state index is -2.90. The Morgan fingerprint density at radius 3 is 2.62 bits per heavy atom. The standard InChI is InChI=1S/C20H26F2N4O2.HI/c1-4-23-20(24-10-9-15-6-5-14(2)25-12-15)26-13-16-11-17(27-3)7-8-18(16)28-19(21)22;/h5-8,11-12,19H,4,9-10,13H2,1-3H3,(H2,23,24,26);1H. The zero-order chi connectivity index (χ0) is 20.4. The summed E-state index contributed by atoms with van der Waals surface area (Å²) >= 11 is 0. The predicted octanol–water partition coefficient (Wildman–Crippen LogP) is 3.92. The number of hydrogen-bond acceptors (Lipinski definition) is 4. The number of nitrogens with one attached hydrogen (secondary N) is 2. The summed E-state index contributed by atoms with van der Waals surface area (Å²) in [5.74, 6) is 1.23. The SMILES string of the molecule is CCNC(=NCc1cc(OC)ccc1OC(F)F)NCCc1ccc(C)nc1.I. The molecule has 0 atom stereocenters. The van der Waals surface area contributed by atoms with Crippen molar-refractivity contribution in [2.45, 2.75) is 33.4 Å². The molecule has 0 aliphatic carbocycles. The highest BCUT2D eigenvalue weighted by Gasteiger charge is 2.11. The third kappa shape index (κ3) is 8.80. The van der Waals surface area contributed by atoms with E-state index in [0.29, 0.717) is 30.4 Å². The lowest BCUT2D eigenvalue weighted by Crippen LogP contribution is -2.38. The van der Waals surface area contributed by atoms with Crippen LogP contribution in [-0.2, 0) is 13.0 Å². The number of halogens is 3. The fourth-order valence-corrected chi connectivity index (χ4v) is 2.49. The number of aromatic nitrogens is 1. The van der Waals surface area contributed by atoms with Gasteiger partial charge in [-0.15, -0.1) is 24.0 Å². The van der Waals surface area contributed by atoms with Crippen molar-refractivity contribution in [3.63, 3.8) is 0 Å². The molecule has 0 bridgehead atoms. The highest BCUT2D eigenvalue weighted by atomic mass is 127. The van der Waals surface area contributed by atoms with Crippen molar-refractivity contribution >= 4 is 29.9 Å². The van der Waals surface area contributed by atoms with Crippen molar-refractivity contribution in [2.75, 3.05) is 20.2 Å². The van der Waals surface area contributed by atoms with E-state index in [-0.39, 0.29) is 36.3 Å². The van der Waals surface area contributed by atoms with E-state index in [0.717, 1.165) is 17.7 Å². The number of ether oxygens (including phenoxy) is 2. The average molecular weight is 520 g/mol. The Kier molecular flexibility index (Phi) is 11.3. The van der Waals surface area contributed by atoms with E-state index < -0.39 is 6.61 Å². The second-order valence-corrected chi connectivity index (χ2v) is 6.03. The summed E-state index contributed by atoms with van der Waals surface area (Å²) in [5.41, 5.74) is 2.61. The molecule has 1 aromatic heterocycles. The first-order valence-corrected chi connectivity index (χ1v) is 9.07. The van der Waals surface area contributed by atoms with Crippen molar-refractivity contribution in [3.8, 4) is 11.5 Å². The summed E-state index contributed by atoms with van der Waals surface area (Å²) < 4.78 is 35.0. The van der Waals surface area contributed by atoms with Gasteiger partial charge in [0, 0.05) is 30.5 Å². The Labute approximate surface area is 187 Å². The number of rotatable bonds is 9. The number of aryl methyl sites for hydroxylation is 1. The van der Waals surface area contributed by atoms with E-state index in [9.17, 15) is 8.78 Å². The molecule has 0 saturated carbocycles. The van der Waals surface area contributed by atoms with Crippen molar-refractivity contribution in [2.24, 2.45) is 4.99 Å². The van der Waals surface area contributed by atoms with Gasteiger partial charge in [-0.05, 0) is 50.1 Å². The summed E-state index contributed by atoms with van der Waals surface area (Å²) in [6.45, 7) is 2.51. The summed E-state index contributed by atoms with van der Waals surface area (Å²) in [5, 5.41) is 6.37. The van der Waals surface area contributed by atoms with E-state index in [1.807, 2.05) is 32.2 Å². The molecule has 2 N–H and O–H groups in total. The van der Waals surface area contributed by atoms with Crippen LogP contribution in [0.5, 0.6) is 11.5 Å². The minimum absolute atomic E-state index is 0. The Bertz CT molecular complexity index is 774. The van der Waals surface area contributed by atoms with E-state index in [1.165, 1.54) is 13.2 Å². The number of nitrogens with zero attached hydrogens (tertiary/aromatic N) is 2. The molecule has 6 nitrogen and oxygen atoms in total. The number of guanidine groups is 1. The fourth-order valence-electron chi connectivity index (χ4n) is 2.49. The molecule has 0 spiro atoms. The summed E-state index contributed by atoms with van der Waals surface area (Å²) in [4.78, 5) is 8.75. The van der Waals surface area contributed by atoms with Gasteiger partial charge in [0.1, 0.15) is 11.5 Å². The number of benzene rings is 1. The molecule has 160 valence electrons. The van der Waals surface area contributed by atoms with Gasteiger partial charge in [0.15, 0.2) is 5.96 Å². The van der Waals surface area contributed by atoms with Crippen molar-refractivity contribution in [3.05, 3.63) is 53.3 Å². The van der Waals surface area contributed by atoms with Crippen LogP contribution in [0.3, 0.4) is 0 Å². The molecular weight excluding hydrogens is 493 g/mol. The maximum absolute atomic E-state index is 12.6. The lowest BCUT2D eigenvalue weighted by molar-refractivity contribution is -0.0504. The van der Waals surface area contributed by atoms with Crippen LogP contribution in [0.15, 0.2) is 41.5 Å². The Morgan fingerprint density at radius 2 is 2.00 bits per heavy atom. The average Bonchev–Trinajstić information content (AvgIpc) is 2.68. The maximum Gasteiger partial charge on any atom is 0.387 e. The molecule has 0 aliphatic rings. The first kappa shape index (κ1) is 24.9. The van der Waals surface area contributed by atoms with Crippen LogP contribution >= 0.6 is 24.0 Å². The smallest absolute Gasteiger partial charge is 0.387 e. The van der Waals surface area contributed by atoms with E-state index in [2.05, 4.69) is 25.3 Å². The molecule has 29 heavy (non-hydrogen) atoms. The maximum atomic E-state index is 12.6. The van der Waals surface area contributed by atoms with Gasteiger partial charge in [0.2, 0.25) is 0 Å². The third-order valence-corrected chi connectivity index (χ3v) is 3.91. The van der Waals surface area contributed by atoms with Crippen molar-refractivity contribution in [1.82, 2.24) is 15.6 Å². The highest BCUT2D eigenvalue weighted by molar-refractivity contribution is 14.0. The zero-order valence-electron chi connectivity index (χ0n) is 16.7. The quantitative estimate of drug-likeness (QED) is 0.298. The highest BCUT2D eigenvalue weighted by Crippen LogP contribution is 2.26. The zero-order valence-corrected chi connectivity index (χ0v) is 19.1. The molecule has 1 aromatic carbocycles. The van der Waals surface area contributed by atoms with Crippen LogP contribution in [0.4, 0.5) is 8.78 Å². The van der Waals surface area contributed by atoms with Crippen LogP contribution in [-0.4, -0.2) is 37.8 Å². The van der Waals surface area contributed by atoms with E-state index in [4.69, 9.17) is 4.74 Å². The molecule has 2 aromatic rings. The second-order valence-electron chi connectivity index (χ2n) is 6.03. The van der Waals surface area contributed by atoms with E-state index in [1.54, 1.807) is 12.1 Å². The molecule has 0 aliphatic heterocycles. The molecule has 0 amide bonds. The van der Waals surface area contributed by atoms with Gasteiger partial charge in [-0.25, -0.2) is 4.99 Å². The first-order valence-electron chi connectivity index (χ1n) is 9.07. The first-order chi connectivity index (χ1) is 13.5. The molecule has 1 heterocycles. The number of hydrogen-bond donors (Lipinski definition) is 2. The van der Waals surface area contributed by atoms with Crippen LogP contribution < -0.4 is 20.1 Å². The van der Waals surface area contributed by atoms with Gasteiger partial charge in [0.25, 0.3) is 0 Å². The van der Waals surface area contributed by atoms with Gasteiger partial charge < -0.3 is 20.1 Å². The third-order valence-electron chi connectivity index (χ3n) is 3.91. The molecule has 0 radical (unpaired) electrons. The predicted molar refractivity (Wildman–Crippen MR) is 121 cm³/mol. The van der Waals surface area contributed by atoms with Crippen molar-refractivity contribution in [1.29, 1.82) is 0 Å². The summed E-state index contributed by atoms with van der Waals surface area (Å²) in [7, 11) is 1.52.